The fourth-order valence-corrected chi connectivity index (χ4v) is 2.15. The summed E-state index contributed by atoms with van der Waals surface area (Å²) in [7, 11) is 0. The van der Waals surface area contributed by atoms with E-state index >= 15 is 0 Å². The summed E-state index contributed by atoms with van der Waals surface area (Å²) in [4.78, 5) is 10.3. The number of hydrogen-bond donors (Lipinski definition) is 3. The van der Waals surface area contributed by atoms with E-state index in [9.17, 15) is 4.79 Å². The first-order chi connectivity index (χ1) is 9.86. The average Bonchev–Trinajstić information content (AvgIpc) is 2.39. The highest BCUT2D eigenvalue weighted by Crippen LogP contribution is 2.15. The molecule has 21 heavy (non-hydrogen) atoms. The molecule has 2 aromatic carbocycles. The third-order valence-electron chi connectivity index (χ3n) is 3.19. The van der Waals surface area contributed by atoms with E-state index in [1.165, 1.54) is 22.8 Å². The third-order valence-corrected chi connectivity index (χ3v) is 3.19. The molecule has 0 bridgehead atoms. The number of aliphatic hydroxyl groups is 1. The lowest BCUT2D eigenvalue weighted by Crippen LogP contribution is -2.00. The van der Waals surface area contributed by atoms with E-state index in [2.05, 4.69) is 19.1 Å². The summed E-state index contributed by atoms with van der Waals surface area (Å²) in [6, 6.07) is 10.6. The van der Waals surface area contributed by atoms with Crippen molar-refractivity contribution in [2.75, 3.05) is 5.73 Å². The molecule has 0 unspecified atom stereocenters. The molecular weight excluding hydrogens is 266 g/mol. The third kappa shape index (κ3) is 4.61. The molecule has 4 nitrogen and oxygen atoms in total. The van der Waals surface area contributed by atoms with Gasteiger partial charge in [0.05, 0.1) is 12.2 Å². The number of carbonyl (C=O) groups is 1. The number of aryl methyl sites for hydroxylation is 3. The van der Waals surface area contributed by atoms with Crippen molar-refractivity contribution in [3.63, 3.8) is 0 Å². The second-order valence-electron chi connectivity index (χ2n) is 4.93. The van der Waals surface area contributed by atoms with Crippen LogP contribution in [-0.4, -0.2) is 16.2 Å². The molecule has 0 amide bonds. The van der Waals surface area contributed by atoms with Crippen molar-refractivity contribution in [3.05, 3.63) is 64.2 Å². The predicted octanol–water partition coefficient (Wildman–Crippen LogP) is 3.07. The van der Waals surface area contributed by atoms with E-state index in [0.29, 0.717) is 5.69 Å². The largest absolute Gasteiger partial charge is 0.478 e. The first kappa shape index (κ1) is 16.7. The molecule has 0 aromatic heterocycles. The van der Waals surface area contributed by atoms with Gasteiger partial charge in [-0.1, -0.05) is 29.8 Å². The Hall–Kier alpha value is -2.33. The van der Waals surface area contributed by atoms with E-state index in [1.807, 2.05) is 13.8 Å². The van der Waals surface area contributed by atoms with Crippen molar-refractivity contribution >= 4 is 11.7 Å². The highest BCUT2D eigenvalue weighted by Gasteiger charge is 2.04. The summed E-state index contributed by atoms with van der Waals surface area (Å²) in [6.07, 6.45) is 0. The van der Waals surface area contributed by atoms with Crippen LogP contribution in [0, 0.1) is 20.8 Å². The Kier molecular flexibility index (Phi) is 5.93. The molecule has 0 aliphatic rings. The van der Waals surface area contributed by atoms with E-state index in [4.69, 9.17) is 15.9 Å². The van der Waals surface area contributed by atoms with Crippen LogP contribution in [0.25, 0.3) is 0 Å². The normalized spacial score (nSPS) is 9.71. The van der Waals surface area contributed by atoms with Gasteiger partial charge in [0.25, 0.3) is 0 Å². The van der Waals surface area contributed by atoms with Gasteiger partial charge in [0.2, 0.25) is 0 Å². The first-order valence-corrected chi connectivity index (χ1v) is 6.62. The summed E-state index contributed by atoms with van der Waals surface area (Å²) >= 11 is 0. The van der Waals surface area contributed by atoms with Gasteiger partial charge in [0.1, 0.15) is 0 Å². The molecule has 0 aliphatic carbocycles. The number of hydrogen-bond acceptors (Lipinski definition) is 3. The van der Waals surface area contributed by atoms with Crippen LogP contribution < -0.4 is 5.73 Å². The zero-order valence-corrected chi connectivity index (χ0v) is 12.6. The van der Waals surface area contributed by atoms with Crippen LogP contribution in [0.4, 0.5) is 5.69 Å². The molecule has 0 saturated carbocycles. The van der Waals surface area contributed by atoms with Crippen molar-refractivity contribution in [2.45, 2.75) is 27.4 Å². The summed E-state index contributed by atoms with van der Waals surface area (Å²) in [5.74, 6) is -0.988. The van der Waals surface area contributed by atoms with Gasteiger partial charge in [-0.3, -0.25) is 0 Å². The minimum absolute atomic E-state index is 0.151. The maximum atomic E-state index is 10.3. The Morgan fingerprint density at radius 3 is 2.00 bits per heavy atom. The first-order valence-electron chi connectivity index (χ1n) is 6.62. The number of para-hydroxylation sites is 1. The highest BCUT2D eigenvalue weighted by molar-refractivity contribution is 5.93. The number of aromatic carboxylic acids is 1. The smallest absolute Gasteiger partial charge is 0.337 e. The lowest BCUT2D eigenvalue weighted by molar-refractivity contribution is 0.0698. The van der Waals surface area contributed by atoms with E-state index < -0.39 is 5.97 Å². The van der Waals surface area contributed by atoms with Gasteiger partial charge in [-0.05, 0) is 49.6 Å². The summed E-state index contributed by atoms with van der Waals surface area (Å²) in [5.41, 5.74) is 10.5. The maximum absolute atomic E-state index is 10.3. The van der Waals surface area contributed by atoms with Gasteiger partial charge in [-0.2, -0.15) is 0 Å². The SMILES string of the molecule is Cc1cc(C)c(CO)c(C)c1.Nc1ccccc1C(=O)O. The van der Waals surface area contributed by atoms with Gasteiger partial charge in [-0.15, -0.1) is 0 Å². The lowest BCUT2D eigenvalue weighted by atomic mass is 10.0. The average molecular weight is 287 g/mol. The van der Waals surface area contributed by atoms with Gasteiger partial charge < -0.3 is 15.9 Å². The van der Waals surface area contributed by atoms with Crippen LogP contribution in [-0.2, 0) is 6.61 Å². The van der Waals surface area contributed by atoms with Crippen LogP contribution >= 0.6 is 0 Å². The molecule has 2 rings (SSSR count). The number of rotatable bonds is 2. The number of nitrogen functional groups attached to an aromatic ring is 1. The molecule has 0 heterocycles. The highest BCUT2D eigenvalue weighted by atomic mass is 16.4. The summed E-state index contributed by atoms with van der Waals surface area (Å²) in [6.45, 7) is 6.29. The molecule has 0 fully saturated rings. The quantitative estimate of drug-likeness (QED) is 0.741. The van der Waals surface area contributed by atoms with Crippen molar-refractivity contribution in [1.29, 1.82) is 0 Å². The molecule has 0 spiro atoms. The minimum Gasteiger partial charge on any atom is -0.478 e. The maximum Gasteiger partial charge on any atom is 0.337 e. The Balaban J connectivity index is 0.000000211. The van der Waals surface area contributed by atoms with Crippen LogP contribution in [0.3, 0.4) is 0 Å². The van der Waals surface area contributed by atoms with E-state index in [0.717, 1.165) is 5.56 Å². The Morgan fingerprint density at radius 1 is 1.10 bits per heavy atom. The fourth-order valence-electron chi connectivity index (χ4n) is 2.15. The van der Waals surface area contributed by atoms with Crippen LogP contribution in [0.1, 0.15) is 32.6 Å². The summed E-state index contributed by atoms with van der Waals surface area (Å²) < 4.78 is 0. The summed E-state index contributed by atoms with van der Waals surface area (Å²) in [5, 5.41) is 17.5. The number of benzene rings is 2. The van der Waals surface area contributed by atoms with Crippen molar-refractivity contribution in [1.82, 2.24) is 0 Å². The van der Waals surface area contributed by atoms with Crippen LogP contribution in [0.15, 0.2) is 36.4 Å². The molecule has 0 aliphatic heterocycles. The fraction of sp³-hybridized carbons (Fsp3) is 0.235. The number of carboxylic acids is 1. The topological polar surface area (TPSA) is 83.5 Å². The molecule has 0 radical (unpaired) electrons. The zero-order chi connectivity index (χ0) is 16.0. The molecule has 2 aromatic rings. The Bertz CT molecular complexity index is 613. The van der Waals surface area contributed by atoms with Gasteiger partial charge >= 0.3 is 5.97 Å². The number of carboxylic acid groups (broad SMARTS) is 1. The number of nitrogens with two attached hydrogens (primary N) is 1. The van der Waals surface area contributed by atoms with Crippen LogP contribution in [0.5, 0.6) is 0 Å². The predicted molar refractivity (Wildman–Crippen MR) is 84.4 cm³/mol. The molecule has 4 N–H and O–H groups in total. The lowest BCUT2D eigenvalue weighted by Gasteiger charge is -2.07. The van der Waals surface area contributed by atoms with Crippen molar-refractivity contribution in [3.8, 4) is 0 Å². The second kappa shape index (κ2) is 7.45. The van der Waals surface area contributed by atoms with E-state index in [1.54, 1.807) is 18.2 Å². The molecule has 0 atom stereocenters. The van der Waals surface area contributed by atoms with Crippen molar-refractivity contribution < 1.29 is 15.0 Å². The van der Waals surface area contributed by atoms with Gasteiger partial charge in [-0.25, -0.2) is 4.79 Å². The van der Waals surface area contributed by atoms with Crippen LogP contribution in [0.2, 0.25) is 0 Å². The Morgan fingerprint density at radius 2 is 1.62 bits per heavy atom. The molecule has 0 saturated heterocycles. The van der Waals surface area contributed by atoms with Crippen molar-refractivity contribution in [2.24, 2.45) is 0 Å². The molecule has 4 heteroatoms. The zero-order valence-electron chi connectivity index (χ0n) is 12.6. The molecule has 112 valence electrons. The number of aliphatic hydroxyl groups excluding tert-OH is 1. The van der Waals surface area contributed by atoms with E-state index in [-0.39, 0.29) is 12.2 Å². The van der Waals surface area contributed by atoms with Gasteiger partial charge in [0, 0.05) is 5.69 Å². The standard InChI is InChI=1S/C10H14O.C7H7NO2/c1-7-4-8(2)10(6-11)9(3)5-7;8-6-4-2-1-3-5(6)7(9)10/h4-5,11H,6H2,1-3H3;1-4H,8H2,(H,9,10). The Labute approximate surface area is 124 Å². The number of anilines is 1. The van der Waals surface area contributed by atoms with Gasteiger partial charge in [0.15, 0.2) is 0 Å². The second-order valence-corrected chi connectivity index (χ2v) is 4.93. The molecular formula is C17H21NO3. The minimum atomic E-state index is -0.988. The monoisotopic (exact) mass is 287 g/mol.